The van der Waals surface area contributed by atoms with Crippen LogP contribution in [-0.4, -0.2) is 13.1 Å². The highest BCUT2D eigenvalue weighted by Crippen LogP contribution is 2.51. The van der Waals surface area contributed by atoms with Crippen molar-refractivity contribution in [3.05, 3.63) is 89.5 Å². The SMILES string of the molecule is COC(=O)c1cccc(N2c3ccccc3C(C)(C)c3ccccc32)c1. The number of nitrogens with zero attached hydrogens (tertiary/aromatic N) is 1. The van der Waals surface area contributed by atoms with Crippen LogP contribution < -0.4 is 4.90 Å². The third-order valence-electron chi connectivity index (χ3n) is 5.16. The standard InChI is InChI=1S/C23H21NO2/c1-23(2)18-11-4-6-13-20(18)24(21-14-7-5-12-19(21)23)17-10-8-9-16(15-17)22(25)26-3/h4-15H,1-3H3. The lowest BCUT2D eigenvalue weighted by atomic mass is 9.73. The van der Waals surface area contributed by atoms with Gasteiger partial charge in [0.05, 0.1) is 24.0 Å². The number of para-hydroxylation sites is 2. The van der Waals surface area contributed by atoms with Gasteiger partial charge in [-0.15, -0.1) is 0 Å². The van der Waals surface area contributed by atoms with E-state index in [0.29, 0.717) is 5.56 Å². The second-order valence-corrected chi connectivity index (χ2v) is 7.04. The average molecular weight is 343 g/mol. The summed E-state index contributed by atoms with van der Waals surface area (Å²) in [5.41, 5.74) is 6.21. The van der Waals surface area contributed by atoms with Crippen LogP contribution in [0.3, 0.4) is 0 Å². The van der Waals surface area contributed by atoms with Gasteiger partial charge in [-0.2, -0.15) is 0 Å². The third kappa shape index (κ3) is 2.39. The first-order valence-electron chi connectivity index (χ1n) is 8.71. The summed E-state index contributed by atoms with van der Waals surface area (Å²) >= 11 is 0. The molecule has 0 saturated carbocycles. The molecule has 1 aliphatic rings. The van der Waals surface area contributed by atoms with Crippen molar-refractivity contribution in [2.75, 3.05) is 12.0 Å². The van der Waals surface area contributed by atoms with Gasteiger partial charge in [0.25, 0.3) is 0 Å². The molecule has 0 aromatic heterocycles. The van der Waals surface area contributed by atoms with Crippen LogP contribution in [0.15, 0.2) is 72.8 Å². The zero-order valence-corrected chi connectivity index (χ0v) is 15.2. The lowest BCUT2D eigenvalue weighted by Crippen LogP contribution is -2.30. The zero-order valence-electron chi connectivity index (χ0n) is 15.2. The molecule has 0 saturated heterocycles. The summed E-state index contributed by atoms with van der Waals surface area (Å²) in [4.78, 5) is 14.2. The fourth-order valence-electron chi connectivity index (χ4n) is 3.84. The van der Waals surface area contributed by atoms with Gasteiger partial charge in [0.2, 0.25) is 0 Å². The average Bonchev–Trinajstić information content (AvgIpc) is 2.68. The van der Waals surface area contributed by atoms with Crippen LogP contribution in [0, 0.1) is 0 Å². The summed E-state index contributed by atoms with van der Waals surface area (Å²) in [5, 5.41) is 0. The molecule has 0 amide bonds. The first-order valence-corrected chi connectivity index (χ1v) is 8.71. The van der Waals surface area contributed by atoms with Gasteiger partial charge in [0, 0.05) is 11.1 Å². The van der Waals surface area contributed by atoms with Gasteiger partial charge >= 0.3 is 5.97 Å². The van der Waals surface area contributed by atoms with Crippen molar-refractivity contribution < 1.29 is 9.53 Å². The molecule has 3 aromatic carbocycles. The molecule has 0 bridgehead atoms. The van der Waals surface area contributed by atoms with Gasteiger partial charge in [0.15, 0.2) is 0 Å². The second kappa shape index (κ2) is 6.03. The maximum Gasteiger partial charge on any atom is 0.337 e. The molecule has 0 spiro atoms. The van der Waals surface area contributed by atoms with Gasteiger partial charge in [0.1, 0.15) is 0 Å². The first kappa shape index (κ1) is 16.4. The van der Waals surface area contributed by atoms with Crippen molar-refractivity contribution in [3.8, 4) is 0 Å². The first-order chi connectivity index (χ1) is 12.5. The molecule has 0 unspecified atom stereocenters. The van der Waals surface area contributed by atoms with E-state index in [1.165, 1.54) is 18.2 Å². The molecule has 1 aliphatic heterocycles. The Labute approximate surface area is 153 Å². The van der Waals surface area contributed by atoms with Crippen molar-refractivity contribution in [1.29, 1.82) is 0 Å². The minimum absolute atomic E-state index is 0.0936. The summed E-state index contributed by atoms with van der Waals surface area (Å²) in [6, 6.07) is 24.5. The Bertz CT molecular complexity index is 941. The Morgan fingerprint density at radius 3 is 2.00 bits per heavy atom. The zero-order chi connectivity index (χ0) is 18.3. The Hall–Kier alpha value is -3.07. The van der Waals surface area contributed by atoms with Gasteiger partial charge in [-0.25, -0.2) is 4.79 Å². The summed E-state index contributed by atoms with van der Waals surface area (Å²) in [7, 11) is 1.41. The van der Waals surface area contributed by atoms with E-state index in [1.807, 2.05) is 18.2 Å². The van der Waals surface area contributed by atoms with Crippen molar-refractivity contribution in [3.63, 3.8) is 0 Å². The normalized spacial score (nSPS) is 14.3. The van der Waals surface area contributed by atoms with Gasteiger partial charge in [-0.1, -0.05) is 56.3 Å². The van der Waals surface area contributed by atoms with Crippen molar-refractivity contribution in [1.82, 2.24) is 0 Å². The van der Waals surface area contributed by atoms with Gasteiger partial charge in [-0.05, 0) is 41.5 Å². The number of carbonyl (C=O) groups is 1. The van der Waals surface area contributed by atoms with E-state index in [0.717, 1.165) is 17.1 Å². The highest BCUT2D eigenvalue weighted by atomic mass is 16.5. The molecule has 0 fully saturated rings. The van der Waals surface area contributed by atoms with Crippen LogP contribution in [-0.2, 0) is 10.2 Å². The van der Waals surface area contributed by atoms with E-state index in [9.17, 15) is 4.79 Å². The van der Waals surface area contributed by atoms with E-state index in [2.05, 4.69) is 67.3 Å². The Morgan fingerprint density at radius 1 is 0.846 bits per heavy atom. The highest BCUT2D eigenvalue weighted by Gasteiger charge is 2.36. The fourth-order valence-corrected chi connectivity index (χ4v) is 3.84. The molecule has 3 nitrogen and oxygen atoms in total. The van der Waals surface area contributed by atoms with E-state index in [4.69, 9.17) is 4.74 Å². The maximum absolute atomic E-state index is 12.0. The molecule has 3 heteroatoms. The lowest BCUT2D eigenvalue weighted by Gasteiger charge is -2.42. The number of carbonyl (C=O) groups excluding carboxylic acids is 1. The van der Waals surface area contributed by atoms with Gasteiger partial charge in [-0.3, -0.25) is 0 Å². The number of benzene rings is 3. The predicted octanol–water partition coefficient (Wildman–Crippen LogP) is 5.58. The minimum atomic E-state index is -0.328. The van der Waals surface area contributed by atoms with E-state index >= 15 is 0 Å². The van der Waals surface area contributed by atoms with Crippen LogP contribution in [0.5, 0.6) is 0 Å². The smallest absolute Gasteiger partial charge is 0.337 e. The molecule has 4 rings (SSSR count). The summed E-state index contributed by atoms with van der Waals surface area (Å²) < 4.78 is 4.89. The summed E-state index contributed by atoms with van der Waals surface area (Å²) in [6.45, 7) is 4.51. The molecule has 0 N–H and O–H groups in total. The number of esters is 1. The summed E-state index contributed by atoms with van der Waals surface area (Å²) in [5.74, 6) is -0.328. The highest BCUT2D eigenvalue weighted by molar-refractivity contribution is 5.93. The number of fused-ring (bicyclic) bond motifs is 2. The molecule has 0 aliphatic carbocycles. The van der Waals surface area contributed by atoms with E-state index < -0.39 is 0 Å². The summed E-state index contributed by atoms with van der Waals surface area (Å²) in [6.07, 6.45) is 0. The monoisotopic (exact) mass is 343 g/mol. The predicted molar refractivity (Wildman–Crippen MR) is 105 cm³/mol. The number of anilines is 3. The molecule has 130 valence electrons. The number of ether oxygens (including phenoxy) is 1. The maximum atomic E-state index is 12.0. The van der Waals surface area contributed by atoms with Crippen molar-refractivity contribution in [2.45, 2.75) is 19.3 Å². The quantitative estimate of drug-likeness (QED) is 0.569. The molecule has 0 atom stereocenters. The minimum Gasteiger partial charge on any atom is -0.465 e. The van der Waals surface area contributed by atoms with Crippen LogP contribution in [0.25, 0.3) is 0 Å². The van der Waals surface area contributed by atoms with Crippen LogP contribution in [0.1, 0.15) is 35.3 Å². The van der Waals surface area contributed by atoms with Gasteiger partial charge < -0.3 is 9.64 Å². The molecular formula is C23H21NO2. The number of hydrogen-bond acceptors (Lipinski definition) is 3. The fraction of sp³-hybridized carbons (Fsp3) is 0.174. The van der Waals surface area contributed by atoms with Crippen molar-refractivity contribution in [2.24, 2.45) is 0 Å². The number of hydrogen-bond donors (Lipinski definition) is 0. The molecular weight excluding hydrogens is 322 g/mol. The topological polar surface area (TPSA) is 29.5 Å². The number of methoxy groups -OCH3 is 1. The second-order valence-electron chi connectivity index (χ2n) is 7.04. The number of rotatable bonds is 2. The Kier molecular flexibility index (Phi) is 3.80. The molecule has 1 heterocycles. The lowest BCUT2D eigenvalue weighted by molar-refractivity contribution is 0.0601. The molecule has 26 heavy (non-hydrogen) atoms. The molecule has 0 radical (unpaired) electrons. The van der Waals surface area contributed by atoms with Crippen LogP contribution in [0.2, 0.25) is 0 Å². The molecule has 3 aromatic rings. The van der Waals surface area contributed by atoms with E-state index in [-0.39, 0.29) is 11.4 Å². The van der Waals surface area contributed by atoms with Crippen LogP contribution in [0.4, 0.5) is 17.1 Å². The van der Waals surface area contributed by atoms with E-state index in [1.54, 1.807) is 6.07 Å². The van der Waals surface area contributed by atoms with Crippen molar-refractivity contribution >= 4 is 23.0 Å². The van der Waals surface area contributed by atoms with Crippen LogP contribution >= 0.6 is 0 Å². The largest absolute Gasteiger partial charge is 0.465 e. The third-order valence-corrected chi connectivity index (χ3v) is 5.16. The Morgan fingerprint density at radius 2 is 1.42 bits per heavy atom. The Balaban J connectivity index is 1.97.